The maximum atomic E-state index is 12.8. The molecule has 1 atom stereocenters. The Hall–Kier alpha value is -3.04. The number of aromatic nitrogens is 4. The van der Waals surface area contributed by atoms with Gasteiger partial charge in [0.1, 0.15) is 11.5 Å². The molecule has 0 N–H and O–H groups in total. The van der Waals surface area contributed by atoms with Crippen LogP contribution in [0.5, 0.6) is 0 Å². The van der Waals surface area contributed by atoms with Gasteiger partial charge >= 0.3 is 0 Å². The topological polar surface area (TPSA) is 63.9 Å². The molecule has 0 aliphatic carbocycles. The number of pyridine rings is 2. The molecule has 2 aliphatic rings. The maximum absolute atomic E-state index is 12.8. The Labute approximate surface area is 150 Å². The van der Waals surface area contributed by atoms with Crippen molar-refractivity contribution in [3.8, 4) is 11.8 Å². The van der Waals surface area contributed by atoms with Gasteiger partial charge in [0.25, 0.3) is 5.56 Å². The molecule has 128 valence electrons. The van der Waals surface area contributed by atoms with E-state index in [9.17, 15) is 4.79 Å². The molecule has 0 amide bonds. The van der Waals surface area contributed by atoms with Gasteiger partial charge in [0.05, 0.1) is 12.1 Å². The van der Waals surface area contributed by atoms with Crippen molar-refractivity contribution in [2.24, 2.45) is 0 Å². The molecule has 0 aromatic carbocycles. The Bertz CT molecular complexity index is 1110. The first kappa shape index (κ1) is 15.2. The number of rotatable bonds is 0. The lowest BCUT2D eigenvalue weighted by atomic mass is 10.1. The van der Waals surface area contributed by atoms with Crippen molar-refractivity contribution in [1.82, 2.24) is 24.4 Å². The zero-order chi connectivity index (χ0) is 17.5. The van der Waals surface area contributed by atoms with E-state index in [-0.39, 0.29) is 5.56 Å². The van der Waals surface area contributed by atoms with Crippen LogP contribution in [0.25, 0.3) is 11.0 Å². The van der Waals surface area contributed by atoms with Crippen LogP contribution < -0.4 is 5.56 Å². The van der Waals surface area contributed by atoms with Gasteiger partial charge in [-0.3, -0.25) is 14.3 Å². The summed E-state index contributed by atoms with van der Waals surface area (Å²) in [5.74, 6) is 6.90. The third kappa shape index (κ3) is 2.57. The van der Waals surface area contributed by atoms with E-state index in [4.69, 9.17) is 4.98 Å². The summed E-state index contributed by atoms with van der Waals surface area (Å²) in [6, 6.07) is 7.92. The first-order chi connectivity index (χ1) is 12.8. The molecule has 26 heavy (non-hydrogen) atoms. The predicted octanol–water partition coefficient (Wildman–Crippen LogP) is 1.56. The molecule has 0 radical (unpaired) electrons. The van der Waals surface area contributed by atoms with Gasteiger partial charge in [0.15, 0.2) is 5.52 Å². The van der Waals surface area contributed by atoms with Gasteiger partial charge in [0, 0.05) is 30.5 Å². The van der Waals surface area contributed by atoms with Crippen LogP contribution in [-0.2, 0) is 13.1 Å². The molecule has 3 aromatic rings. The van der Waals surface area contributed by atoms with Gasteiger partial charge in [-0.25, -0.2) is 15.0 Å². The van der Waals surface area contributed by atoms with Gasteiger partial charge in [-0.05, 0) is 43.5 Å². The van der Waals surface area contributed by atoms with Crippen molar-refractivity contribution in [3.05, 3.63) is 64.1 Å². The summed E-state index contributed by atoms with van der Waals surface area (Å²) in [6.45, 7) is 2.55. The van der Waals surface area contributed by atoms with Crippen molar-refractivity contribution >= 4 is 11.0 Å². The smallest absolute Gasteiger partial charge is 0.280 e. The summed E-state index contributed by atoms with van der Waals surface area (Å²) in [7, 11) is 0. The lowest BCUT2D eigenvalue weighted by Crippen LogP contribution is -2.43. The molecule has 3 aromatic heterocycles. The fraction of sp³-hybridized carbons (Fsp3) is 0.300. The number of nitrogens with zero attached hydrogens (tertiary/aromatic N) is 5. The SMILES string of the molecule is O=c1c2ncc(C#Cc3ccccn3)cc2nc2n1CC1CCCN1C2. The summed E-state index contributed by atoms with van der Waals surface area (Å²) in [6.07, 6.45) is 5.69. The second kappa shape index (κ2) is 6.04. The first-order valence-electron chi connectivity index (χ1n) is 8.84. The highest BCUT2D eigenvalue weighted by atomic mass is 16.1. The van der Waals surface area contributed by atoms with Crippen LogP contribution in [0.4, 0.5) is 0 Å². The first-order valence-corrected chi connectivity index (χ1v) is 8.84. The van der Waals surface area contributed by atoms with Crippen LogP contribution in [0.15, 0.2) is 41.5 Å². The van der Waals surface area contributed by atoms with Crippen molar-refractivity contribution in [2.75, 3.05) is 6.54 Å². The highest BCUT2D eigenvalue weighted by Crippen LogP contribution is 2.25. The molecule has 5 heterocycles. The Morgan fingerprint density at radius 3 is 3.04 bits per heavy atom. The largest absolute Gasteiger partial charge is 0.292 e. The van der Waals surface area contributed by atoms with E-state index in [1.165, 1.54) is 6.42 Å². The Morgan fingerprint density at radius 2 is 2.15 bits per heavy atom. The second-order valence-corrected chi connectivity index (χ2v) is 6.77. The van der Waals surface area contributed by atoms with E-state index in [1.54, 1.807) is 17.0 Å². The third-order valence-electron chi connectivity index (χ3n) is 5.11. The van der Waals surface area contributed by atoms with Gasteiger partial charge in [-0.15, -0.1) is 0 Å². The molecule has 5 rings (SSSR count). The Balaban J connectivity index is 1.56. The minimum Gasteiger partial charge on any atom is -0.292 e. The minimum atomic E-state index is -0.0409. The van der Waals surface area contributed by atoms with E-state index in [1.807, 2.05) is 24.3 Å². The van der Waals surface area contributed by atoms with E-state index in [0.717, 1.165) is 37.4 Å². The maximum Gasteiger partial charge on any atom is 0.280 e. The van der Waals surface area contributed by atoms with Gasteiger partial charge in [0.2, 0.25) is 0 Å². The number of hydrogen-bond acceptors (Lipinski definition) is 5. The molecule has 1 fully saturated rings. The van der Waals surface area contributed by atoms with Crippen molar-refractivity contribution < 1.29 is 0 Å². The predicted molar refractivity (Wildman–Crippen MR) is 97.4 cm³/mol. The Morgan fingerprint density at radius 1 is 1.19 bits per heavy atom. The average Bonchev–Trinajstić information content (AvgIpc) is 3.13. The molecule has 2 aliphatic heterocycles. The monoisotopic (exact) mass is 343 g/mol. The fourth-order valence-electron chi connectivity index (χ4n) is 3.80. The van der Waals surface area contributed by atoms with Crippen molar-refractivity contribution in [2.45, 2.75) is 32.0 Å². The van der Waals surface area contributed by atoms with E-state index >= 15 is 0 Å². The molecule has 0 spiro atoms. The van der Waals surface area contributed by atoms with Gasteiger partial charge < -0.3 is 0 Å². The molecular weight excluding hydrogens is 326 g/mol. The number of hydrogen-bond donors (Lipinski definition) is 0. The average molecular weight is 343 g/mol. The second-order valence-electron chi connectivity index (χ2n) is 6.77. The summed E-state index contributed by atoms with van der Waals surface area (Å²) in [5, 5.41) is 0. The molecule has 1 unspecified atom stereocenters. The third-order valence-corrected chi connectivity index (χ3v) is 5.11. The zero-order valence-corrected chi connectivity index (χ0v) is 14.2. The van der Waals surface area contributed by atoms with Crippen LogP contribution in [-0.4, -0.2) is 37.0 Å². The normalized spacial score (nSPS) is 18.8. The quantitative estimate of drug-likeness (QED) is 0.580. The van der Waals surface area contributed by atoms with Crippen LogP contribution in [0.2, 0.25) is 0 Å². The van der Waals surface area contributed by atoms with Crippen molar-refractivity contribution in [1.29, 1.82) is 0 Å². The molecule has 6 nitrogen and oxygen atoms in total. The highest BCUT2D eigenvalue weighted by Gasteiger charge is 2.31. The van der Waals surface area contributed by atoms with E-state index in [0.29, 0.717) is 22.8 Å². The van der Waals surface area contributed by atoms with Gasteiger partial charge in [-0.2, -0.15) is 0 Å². The van der Waals surface area contributed by atoms with E-state index < -0.39 is 0 Å². The van der Waals surface area contributed by atoms with Crippen LogP contribution in [0.3, 0.4) is 0 Å². The summed E-state index contributed by atoms with van der Waals surface area (Å²) < 4.78 is 1.81. The highest BCUT2D eigenvalue weighted by molar-refractivity contribution is 5.74. The summed E-state index contributed by atoms with van der Waals surface area (Å²) in [5.41, 5.74) is 2.43. The van der Waals surface area contributed by atoms with Crippen LogP contribution in [0, 0.1) is 11.8 Å². The lowest BCUT2D eigenvalue weighted by Gasteiger charge is -2.31. The molecular formula is C20H17N5O. The Kier molecular flexibility index (Phi) is 3.54. The van der Waals surface area contributed by atoms with Crippen molar-refractivity contribution in [3.63, 3.8) is 0 Å². The van der Waals surface area contributed by atoms with Gasteiger partial charge in [-0.1, -0.05) is 12.0 Å². The number of fused-ring (bicyclic) bond motifs is 3. The molecule has 0 saturated carbocycles. The fourth-order valence-corrected chi connectivity index (χ4v) is 3.80. The standard InChI is InChI=1S/C20H17N5O/c26-20-19-17(23-18-13-24-9-3-5-16(24)12-25(18)20)10-14(11-22-19)6-7-15-4-1-2-8-21-15/h1-2,4,8,10-11,16H,3,5,9,12-13H2. The van der Waals surface area contributed by atoms with Crippen LogP contribution in [0.1, 0.15) is 29.9 Å². The zero-order valence-electron chi connectivity index (χ0n) is 14.2. The minimum absolute atomic E-state index is 0.0409. The van der Waals surface area contributed by atoms with Crippen LogP contribution >= 0.6 is 0 Å². The molecule has 6 heteroatoms. The summed E-state index contributed by atoms with van der Waals surface area (Å²) >= 11 is 0. The lowest BCUT2D eigenvalue weighted by molar-refractivity contribution is 0.181. The molecule has 0 bridgehead atoms. The van der Waals surface area contributed by atoms with E-state index in [2.05, 4.69) is 26.7 Å². The molecule has 1 saturated heterocycles. The summed E-state index contributed by atoms with van der Waals surface area (Å²) in [4.78, 5) is 28.5.